The monoisotopic (exact) mass is 662 g/mol. The molecule has 1 N–H and O–H groups in total. The Morgan fingerprint density at radius 2 is 1.28 bits per heavy atom. The van der Waals surface area contributed by atoms with E-state index in [0.29, 0.717) is 30.3 Å². The zero-order valence-electron chi connectivity index (χ0n) is 28.5. The highest BCUT2D eigenvalue weighted by Gasteiger charge is 2.26. The molecule has 258 valence electrons. The Hall–Kier alpha value is -3.07. The Kier molecular flexibility index (Phi) is 26.3. The molecular formula is C36H57NO8P+. The van der Waals surface area contributed by atoms with Crippen LogP contribution in [-0.2, 0) is 32.7 Å². The zero-order chi connectivity index (χ0) is 34.4. The summed E-state index contributed by atoms with van der Waals surface area (Å²) >= 11 is 0. The molecule has 0 aliphatic rings. The van der Waals surface area contributed by atoms with Crippen LogP contribution >= 0.6 is 7.82 Å². The van der Waals surface area contributed by atoms with Crippen molar-refractivity contribution in [3.05, 3.63) is 97.2 Å². The van der Waals surface area contributed by atoms with Crippen molar-refractivity contribution in [3.63, 3.8) is 0 Å². The molecule has 0 spiro atoms. The van der Waals surface area contributed by atoms with Crippen molar-refractivity contribution < 1.29 is 42.1 Å². The third kappa shape index (κ3) is 30.9. The van der Waals surface area contributed by atoms with Crippen molar-refractivity contribution in [1.29, 1.82) is 0 Å². The minimum Gasteiger partial charge on any atom is -0.461 e. The average Bonchev–Trinajstić information content (AvgIpc) is 2.99. The summed E-state index contributed by atoms with van der Waals surface area (Å²) < 4.78 is 33.7. The second-order valence-corrected chi connectivity index (χ2v) is 12.7. The van der Waals surface area contributed by atoms with Gasteiger partial charge in [-0.25, -0.2) is 4.57 Å². The molecule has 0 aliphatic heterocycles. The van der Waals surface area contributed by atoms with Gasteiger partial charge >= 0.3 is 19.8 Å². The molecule has 0 radical (unpaired) electrons. The van der Waals surface area contributed by atoms with Crippen LogP contribution in [0.3, 0.4) is 0 Å². The lowest BCUT2D eigenvalue weighted by Crippen LogP contribution is -2.37. The lowest BCUT2D eigenvalue weighted by atomic mass is 10.2. The summed E-state index contributed by atoms with van der Waals surface area (Å²) in [5, 5.41) is 0. The Bertz CT molecular complexity index is 1110. The molecule has 0 fully saturated rings. The van der Waals surface area contributed by atoms with Crippen molar-refractivity contribution >= 4 is 19.8 Å². The fourth-order valence-electron chi connectivity index (χ4n) is 3.28. The van der Waals surface area contributed by atoms with Crippen molar-refractivity contribution in [2.24, 2.45) is 0 Å². The molecule has 0 rings (SSSR count). The first kappa shape index (κ1) is 42.9. The van der Waals surface area contributed by atoms with Crippen LogP contribution in [0.15, 0.2) is 97.2 Å². The molecule has 0 saturated heterocycles. The van der Waals surface area contributed by atoms with Crippen LogP contribution in [0.2, 0.25) is 0 Å². The number of phosphoric ester groups is 1. The van der Waals surface area contributed by atoms with Crippen LogP contribution in [-0.4, -0.2) is 74.9 Å². The van der Waals surface area contributed by atoms with Crippen molar-refractivity contribution in [3.8, 4) is 0 Å². The van der Waals surface area contributed by atoms with Gasteiger partial charge < -0.3 is 18.9 Å². The van der Waals surface area contributed by atoms with Gasteiger partial charge in [0.1, 0.15) is 19.8 Å². The molecule has 0 aliphatic carbocycles. The third-order valence-electron chi connectivity index (χ3n) is 5.77. The Balaban J connectivity index is 4.81. The van der Waals surface area contributed by atoms with Gasteiger partial charge in [-0.05, 0) is 38.5 Å². The summed E-state index contributed by atoms with van der Waals surface area (Å²) in [6.07, 6.45) is 35.3. The second-order valence-electron chi connectivity index (χ2n) is 11.2. The number of ether oxygens (including phenoxy) is 2. The first-order chi connectivity index (χ1) is 22.0. The van der Waals surface area contributed by atoms with E-state index in [1.807, 2.05) is 88.0 Å². The molecule has 9 nitrogen and oxygen atoms in total. The SMILES string of the molecule is CC/C=C/C=C/C=C/C=C/C=C/CCCC(=O)OC(COC(=O)C/C=C/C/C=C/C/C=C/CC)COP(=O)(O)OCC[N+](C)(C)C. The lowest BCUT2D eigenvalue weighted by molar-refractivity contribution is -0.870. The Labute approximate surface area is 277 Å². The van der Waals surface area contributed by atoms with Crippen molar-refractivity contribution in [2.45, 2.75) is 71.3 Å². The molecule has 0 aromatic carbocycles. The van der Waals surface area contributed by atoms with E-state index in [0.717, 1.165) is 19.3 Å². The van der Waals surface area contributed by atoms with Crippen LogP contribution in [0.4, 0.5) is 0 Å². The first-order valence-electron chi connectivity index (χ1n) is 16.0. The number of unbranched alkanes of at least 4 members (excludes halogenated alkanes) is 1. The number of quaternary nitrogens is 1. The van der Waals surface area contributed by atoms with Crippen LogP contribution in [0.1, 0.15) is 65.2 Å². The van der Waals surface area contributed by atoms with Crippen LogP contribution < -0.4 is 0 Å². The molecule has 0 amide bonds. The van der Waals surface area contributed by atoms with Crippen LogP contribution in [0.25, 0.3) is 0 Å². The van der Waals surface area contributed by atoms with Gasteiger partial charge in [0.15, 0.2) is 6.10 Å². The lowest BCUT2D eigenvalue weighted by Gasteiger charge is -2.24. The first-order valence-corrected chi connectivity index (χ1v) is 17.5. The number of nitrogens with zero attached hydrogens (tertiary/aromatic N) is 1. The highest BCUT2D eigenvalue weighted by Crippen LogP contribution is 2.43. The van der Waals surface area contributed by atoms with Gasteiger partial charge in [-0.2, -0.15) is 0 Å². The predicted octanol–water partition coefficient (Wildman–Crippen LogP) is 7.89. The van der Waals surface area contributed by atoms with Gasteiger partial charge in [-0.15, -0.1) is 0 Å². The standard InChI is InChI=1S/C36H56NO8P/c1-6-8-10-12-14-16-17-18-19-21-23-25-27-29-36(39)45-34(33-44-46(40,41)43-31-30-37(3,4)5)32-42-35(38)28-26-24-22-20-15-13-11-9-7-2/h8-12,14-21,23-24,26,34H,6-7,13,22,25,27-33H2,1-5H3/p+1/b10-8+,11-9+,14-12+,17-16+,19-18+,20-15+,23-21+,26-24+. The van der Waals surface area contributed by atoms with E-state index in [2.05, 4.69) is 38.2 Å². The minimum atomic E-state index is -4.40. The summed E-state index contributed by atoms with van der Waals surface area (Å²) in [4.78, 5) is 34.8. The van der Waals surface area contributed by atoms with Gasteiger partial charge in [-0.1, -0.05) is 111 Å². The molecule has 0 aromatic rings. The van der Waals surface area contributed by atoms with E-state index in [4.69, 9.17) is 18.5 Å². The van der Waals surface area contributed by atoms with Crippen molar-refractivity contribution in [1.82, 2.24) is 0 Å². The van der Waals surface area contributed by atoms with Gasteiger partial charge in [0.05, 0.1) is 34.2 Å². The molecule has 0 bridgehead atoms. The number of phosphoric acid groups is 1. The number of hydrogen-bond acceptors (Lipinski definition) is 7. The minimum absolute atomic E-state index is 0.000365. The maximum absolute atomic E-state index is 12.5. The Morgan fingerprint density at radius 3 is 1.89 bits per heavy atom. The smallest absolute Gasteiger partial charge is 0.461 e. The van der Waals surface area contributed by atoms with E-state index >= 15 is 0 Å². The molecular weight excluding hydrogens is 605 g/mol. The molecule has 2 unspecified atom stereocenters. The Morgan fingerprint density at radius 1 is 0.717 bits per heavy atom. The summed E-state index contributed by atoms with van der Waals surface area (Å²) in [6.45, 7) is 3.87. The number of allylic oxidation sites excluding steroid dienone is 15. The number of carbonyl (C=O) groups excluding carboxylic acids is 2. The molecule has 10 heteroatoms. The molecule has 0 heterocycles. The molecule has 0 saturated carbocycles. The second kappa shape index (κ2) is 28.2. The van der Waals surface area contributed by atoms with E-state index in [-0.39, 0.29) is 26.1 Å². The molecule has 2 atom stereocenters. The molecule has 46 heavy (non-hydrogen) atoms. The highest BCUT2D eigenvalue weighted by molar-refractivity contribution is 7.47. The summed E-state index contributed by atoms with van der Waals surface area (Å²) in [7, 11) is 1.36. The highest BCUT2D eigenvalue weighted by atomic mass is 31.2. The number of rotatable bonds is 26. The van der Waals surface area contributed by atoms with Gasteiger partial charge in [0.25, 0.3) is 0 Å². The van der Waals surface area contributed by atoms with E-state index in [9.17, 15) is 19.0 Å². The summed E-state index contributed by atoms with van der Waals surface area (Å²) in [5.74, 6) is -1.05. The van der Waals surface area contributed by atoms with Crippen LogP contribution in [0, 0.1) is 0 Å². The normalized spacial score (nSPS) is 15.2. The largest absolute Gasteiger partial charge is 0.472 e. The zero-order valence-corrected chi connectivity index (χ0v) is 29.4. The van der Waals surface area contributed by atoms with Crippen molar-refractivity contribution in [2.75, 3.05) is 47.5 Å². The molecule has 0 aromatic heterocycles. The van der Waals surface area contributed by atoms with Gasteiger partial charge in [0.2, 0.25) is 0 Å². The fourth-order valence-corrected chi connectivity index (χ4v) is 4.02. The summed E-state index contributed by atoms with van der Waals surface area (Å²) in [6, 6.07) is 0. The van der Waals surface area contributed by atoms with E-state index in [1.54, 1.807) is 6.08 Å². The number of hydrogen-bond donors (Lipinski definition) is 1. The maximum Gasteiger partial charge on any atom is 0.472 e. The quantitative estimate of drug-likeness (QED) is 0.0249. The van der Waals surface area contributed by atoms with Gasteiger partial charge in [-0.3, -0.25) is 18.6 Å². The summed E-state index contributed by atoms with van der Waals surface area (Å²) in [5.41, 5.74) is 0. The number of esters is 2. The topological polar surface area (TPSA) is 108 Å². The number of likely N-dealkylation sites (N-methyl/N-ethyl adjacent to an activating group) is 1. The van der Waals surface area contributed by atoms with Crippen LogP contribution in [0.5, 0.6) is 0 Å². The third-order valence-corrected chi connectivity index (χ3v) is 6.75. The fraction of sp³-hybridized carbons (Fsp3) is 0.500. The number of carbonyl (C=O) groups is 2. The van der Waals surface area contributed by atoms with Gasteiger partial charge in [0, 0.05) is 6.42 Å². The predicted molar refractivity (Wildman–Crippen MR) is 187 cm³/mol. The maximum atomic E-state index is 12.5. The average molecular weight is 663 g/mol. The van der Waals surface area contributed by atoms with E-state index < -0.39 is 32.5 Å². The van der Waals surface area contributed by atoms with E-state index in [1.165, 1.54) is 0 Å².